The molecule has 0 aromatic carbocycles. The summed E-state index contributed by atoms with van der Waals surface area (Å²) in [5.41, 5.74) is 0.386. The third kappa shape index (κ3) is 4.63. The van der Waals surface area contributed by atoms with Gasteiger partial charge in [-0.05, 0) is 31.1 Å². The predicted octanol–water partition coefficient (Wildman–Crippen LogP) is 4.24. The number of rotatable bonds is 8. The van der Waals surface area contributed by atoms with Crippen molar-refractivity contribution < 1.29 is 4.74 Å². The van der Waals surface area contributed by atoms with Crippen molar-refractivity contribution in [1.82, 2.24) is 0 Å². The molecule has 0 fully saturated rings. The average molecular weight is 330 g/mol. The molecular formula is C11H22Br2O. The highest BCUT2D eigenvalue weighted by Crippen LogP contribution is 2.36. The summed E-state index contributed by atoms with van der Waals surface area (Å²) < 4.78 is 5.37. The highest BCUT2D eigenvalue weighted by Gasteiger charge is 2.30. The van der Waals surface area contributed by atoms with Gasteiger partial charge >= 0.3 is 0 Å². The Morgan fingerprint density at radius 2 is 1.79 bits per heavy atom. The molecule has 0 spiro atoms. The van der Waals surface area contributed by atoms with Gasteiger partial charge in [0.05, 0.1) is 0 Å². The van der Waals surface area contributed by atoms with Crippen LogP contribution < -0.4 is 0 Å². The molecule has 0 unspecified atom stereocenters. The standard InChI is InChI=1S/C11H22Br2O/c1-4-14-7-5-6-11(8-12,9-13)10(2)3/h10H,4-9H2,1-3H3. The van der Waals surface area contributed by atoms with Crippen LogP contribution >= 0.6 is 31.9 Å². The van der Waals surface area contributed by atoms with Crippen LogP contribution in [-0.4, -0.2) is 23.9 Å². The Bertz CT molecular complexity index is 133. The first kappa shape index (κ1) is 14.9. The molecule has 0 aromatic rings. The second-order valence-corrected chi connectivity index (χ2v) is 5.21. The van der Waals surface area contributed by atoms with Gasteiger partial charge in [0.25, 0.3) is 0 Å². The summed E-state index contributed by atoms with van der Waals surface area (Å²) >= 11 is 7.26. The third-order valence-corrected chi connectivity index (χ3v) is 5.16. The monoisotopic (exact) mass is 328 g/mol. The Labute approximate surface area is 105 Å². The van der Waals surface area contributed by atoms with Crippen molar-refractivity contribution in [2.75, 3.05) is 23.9 Å². The highest BCUT2D eigenvalue weighted by molar-refractivity contribution is 9.09. The second-order valence-electron chi connectivity index (χ2n) is 4.08. The van der Waals surface area contributed by atoms with Gasteiger partial charge in [-0.3, -0.25) is 0 Å². The molecule has 0 amide bonds. The van der Waals surface area contributed by atoms with E-state index in [1.807, 2.05) is 6.92 Å². The van der Waals surface area contributed by atoms with Crippen molar-refractivity contribution in [2.24, 2.45) is 11.3 Å². The zero-order chi connectivity index (χ0) is 11.0. The molecule has 0 rings (SSSR count). The Morgan fingerprint density at radius 3 is 2.14 bits per heavy atom. The van der Waals surface area contributed by atoms with Gasteiger partial charge in [-0.1, -0.05) is 45.7 Å². The minimum Gasteiger partial charge on any atom is -0.382 e. The lowest BCUT2D eigenvalue weighted by Crippen LogP contribution is -2.31. The van der Waals surface area contributed by atoms with E-state index in [-0.39, 0.29) is 0 Å². The first-order valence-electron chi connectivity index (χ1n) is 5.32. The summed E-state index contributed by atoms with van der Waals surface area (Å²) in [6.45, 7) is 8.36. The SMILES string of the molecule is CCOCCCC(CBr)(CBr)C(C)C. The van der Waals surface area contributed by atoms with Gasteiger partial charge in [-0.25, -0.2) is 0 Å². The fraction of sp³-hybridized carbons (Fsp3) is 1.00. The first-order chi connectivity index (χ1) is 6.63. The van der Waals surface area contributed by atoms with Crippen LogP contribution in [0.3, 0.4) is 0 Å². The van der Waals surface area contributed by atoms with Gasteiger partial charge in [0.2, 0.25) is 0 Å². The maximum atomic E-state index is 5.37. The van der Waals surface area contributed by atoms with E-state index in [9.17, 15) is 0 Å². The van der Waals surface area contributed by atoms with E-state index in [4.69, 9.17) is 4.74 Å². The lowest BCUT2D eigenvalue weighted by molar-refractivity contribution is 0.126. The zero-order valence-electron chi connectivity index (χ0n) is 9.48. The van der Waals surface area contributed by atoms with Crippen LogP contribution in [0.2, 0.25) is 0 Å². The molecule has 0 saturated heterocycles. The molecule has 0 bridgehead atoms. The van der Waals surface area contributed by atoms with Gasteiger partial charge in [-0.15, -0.1) is 0 Å². The normalized spacial score (nSPS) is 12.4. The van der Waals surface area contributed by atoms with E-state index in [0.29, 0.717) is 11.3 Å². The van der Waals surface area contributed by atoms with Crippen LogP contribution in [-0.2, 0) is 4.74 Å². The number of hydrogen-bond acceptors (Lipinski definition) is 1. The molecule has 0 atom stereocenters. The summed E-state index contributed by atoms with van der Waals surface area (Å²) in [5.74, 6) is 0.697. The van der Waals surface area contributed by atoms with Gasteiger partial charge in [-0.2, -0.15) is 0 Å². The van der Waals surface area contributed by atoms with Crippen LogP contribution in [0.4, 0.5) is 0 Å². The molecule has 1 nitrogen and oxygen atoms in total. The molecule has 0 aliphatic carbocycles. The smallest absolute Gasteiger partial charge is 0.0466 e. The Morgan fingerprint density at radius 1 is 1.21 bits per heavy atom. The first-order valence-corrected chi connectivity index (χ1v) is 7.57. The summed E-state index contributed by atoms with van der Waals surface area (Å²) in [6, 6.07) is 0. The molecule has 0 aliphatic rings. The van der Waals surface area contributed by atoms with Crippen molar-refractivity contribution in [2.45, 2.75) is 33.6 Å². The van der Waals surface area contributed by atoms with Crippen molar-refractivity contribution in [3.63, 3.8) is 0 Å². The van der Waals surface area contributed by atoms with Crippen LogP contribution in [0.15, 0.2) is 0 Å². The van der Waals surface area contributed by atoms with Crippen LogP contribution in [0.5, 0.6) is 0 Å². The lowest BCUT2D eigenvalue weighted by atomic mass is 9.77. The minimum atomic E-state index is 0.386. The van der Waals surface area contributed by atoms with Crippen molar-refractivity contribution in [1.29, 1.82) is 0 Å². The lowest BCUT2D eigenvalue weighted by Gasteiger charge is -2.34. The second kappa shape index (κ2) is 8.12. The summed E-state index contributed by atoms with van der Waals surface area (Å²) in [4.78, 5) is 0. The zero-order valence-corrected chi connectivity index (χ0v) is 12.7. The maximum absolute atomic E-state index is 5.37. The summed E-state index contributed by atoms with van der Waals surface area (Å²) in [6.07, 6.45) is 2.38. The molecular weight excluding hydrogens is 308 g/mol. The molecule has 0 aliphatic heterocycles. The molecule has 0 radical (unpaired) electrons. The highest BCUT2D eigenvalue weighted by atomic mass is 79.9. The van der Waals surface area contributed by atoms with Crippen LogP contribution in [0.1, 0.15) is 33.6 Å². The Hall–Kier alpha value is 0.920. The number of halogens is 2. The van der Waals surface area contributed by atoms with E-state index in [2.05, 4.69) is 45.7 Å². The quantitative estimate of drug-likeness (QED) is 0.478. The van der Waals surface area contributed by atoms with Crippen LogP contribution in [0.25, 0.3) is 0 Å². The molecule has 0 aromatic heterocycles. The summed E-state index contributed by atoms with van der Waals surface area (Å²) in [5, 5.41) is 2.13. The van der Waals surface area contributed by atoms with Crippen molar-refractivity contribution in [3.8, 4) is 0 Å². The fourth-order valence-electron chi connectivity index (χ4n) is 1.44. The van der Waals surface area contributed by atoms with Gasteiger partial charge < -0.3 is 4.74 Å². The third-order valence-electron chi connectivity index (χ3n) is 2.92. The number of hydrogen-bond donors (Lipinski definition) is 0. The van der Waals surface area contributed by atoms with Crippen molar-refractivity contribution >= 4 is 31.9 Å². The topological polar surface area (TPSA) is 9.23 Å². The molecule has 14 heavy (non-hydrogen) atoms. The van der Waals surface area contributed by atoms with E-state index in [1.54, 1.807) is 0 Å². The van der Waals surface area contributed by atoms with Crippen molar-refractivity contribution in [3.05, 3.63) is 0 Å². The van der Waals surface area contributed by atoms with Crippen LogP contribution in [0, 0.1) is 11.3 Å². The fourth-order valence-corrected chi connectivity index (χ4v) is 4.22. The molecule has 3 heteroatoms. The Balaban J connectivity index is 3.95. The van der Waals surface area contributed by atoms with E-state index in [1.165, 1.54) is 6.42 Å². The Kier molecular flexibility index (Phi) is 8.65. The van der Waals surface area contributed by atoms with E-state index in [0.717, 1.165) is 30.3 Å². The largest absolute Gasteiger partial charge is 0.382 e. The van der Waals surface area contributed by atoms with Gasteiger partial charge in [0, 0.05) is 23.9 Å². The molecule has 86 valence electrons. The van der Waals surface area contributed by atoms with E-state index >= 15 is 0 Å². The number of alkyl halides is 2. The van der Waals surface area contributed by atoms with Gasteiger partial charge in [0.1, 0.15) is 0 Å². The minimum absolute atomic E-state index is 0.386. The van der Waals surface area contributed by atoms with Gasteiger partial charge in [0.15, 0.2) is 0 Å². The maximum Gasteiger partial charge on any atom is 0.0466 e. The number of ether oxygens (including phenoxy) is 1. The average Bonchev–Trinajstić information content (AvgIpc) is 2.18. The van der Waals surface area contributed by atoms with E-state index < -0.39 is 0 Å². The molecule has 0 saturated carbocycles. The predicted molar refractivity (Wildman–Crippen MR) is 70.6 cm³/mol. The molecule has 0 N–H and O–H groups in total. The molecule has 0 heterocycles. The summed E-state index contributed by atoms with van der Waals surface area (Å²) in [7, 11) is 0.